The van der Waals surface area contributed by atoms with E-state index in [0.29, 0.717) is 16.7 Å². The molecule has 4 aliphatic rings. The highest BCUT2D eigenvalue weighted by molar-refractivity contribution is 7.86. The summed E-state index contributed by atoms with van der Waals surface area (Å²) in [5.41, 5.74) is 1.06. The number of fused-ring (bicyclic) bond motifs is 3. The minimum absolute atomic E-state index is 0.0344. The molecule has 0 aromatic heterocycles. The molecular formula is C17H20O3S. The number of rotatable bonds is 3. The molecule has 0 N–H and O–H groups in total. The molecule has 0 heterocycles. The average molecular weight is 304 g/mol. The molecule has 1 aromatic rings. The first-order chi connectivity index (χ1) is 10.1. The van der Waals surface area contributed by atoms with Gasteiger partial charge in [0.05, 0.1) is 11.0 Å². The van der Waals surface area contributed by atoms with Crippen molar-refractivity contribution in [2.75, 3.05) is 0 Å². The maximum absolute atomic E-state index is 12.5. The van der Waals surface area contributed by atoms with Crippen LogP contribution in [-0.2, 0) is 14.3 Å². The Bertz CT molecular complexity index is 687. The summed E-state index contributed by atoms with van der Waals surface area (Å²) in [4.78, 5) is 0.304. The number of hydrogen-bond acceptors (Lipinski definition) is 3. The predicted molar refractivity (Wildman–Crippen MR) is 78.0 cm³/mol. The summed E-state index contributed by atoms with van der Waals surface area (Å²) in [5.74, 6) is 4.23. The third-order valence-corrected chi connectivity index (χ3v) is 8.08. The van der Waals surface area contributed by atoms with Gasteiger partial charge in [0.2, 0.25) is 0 Å². The van der Waals surface area contributed by atoms with Crippen molar-refractivity contribution in [1.82, 2.24) is 0 Å². The SMILES string of the molecule is Cc1ccc(S(=O)(=O)O[C@@H]2[C@@H]3C[C@H]4[C@H]5CC[C@@H]3[C@@H]5[C@@H]42)cc1. The zero-order chi connectivity index (χ0) is 14.4. The van der Waals surface area contributed by atoms with Gasteiger partial charge in [0.15, 0.2) is 0 Å². The van der Waals surface area contributed by atoms with E-state index in [1.54, 1.807) is 12.1 Å². The van der Waals surface area contributed by atoms with Gasteiger partial charge in [-0.3, -0.25) is 4.18 Å². The van der Waals surface area contributed by atoms with Crippen molar-refractivity contribution in [2.24, 2.45) is 35.5 Å². The third-order valence-electron chi connectivity index (χ3n) is 6.75. The monoisotopic (exact) mass is 304 g/mol. The van der Waals surface area contributed by atoms with Crippen LogP contribution >= 0.6 is 0 Å². The van der Waals surface area contributed by atoms with Crippen LogP contribution in [-0.4, -0.2) is 14.5 Å². The van der Waals surface area contributed by atoms with Crippen LogP contribution in [0.4, 0.5) is 0 Å². The largest absolute Gasteiger partial charge is 0.297 e. The van der Waals surface area contributed by atoms with Crippen LogP contribution in [0.2, 0.25) is 0 Å². The second-order valence-corrected chi connectivity index (χ2v) is 9.02. The van der Waals surface area contributed by atoms with Crippen LogP contribution in [0.1, 0.15) is 24.8 Å². The van der Waals surface area contributed by atoms with Crippen molar-refractivity contribution in [3.8, 4) is 0 Å². The Morgan fingerprint density at radius 1 is 0.952 bits per heavy atom. The van der Waals surface area contributed by atoms with Crippen molar-refractivity contribution < 1.29 is 12.6 Å². The first-order valence-electron chi connectivity index (χ1n) is 8.06. The topological polar surface area (TPSA) is 43.4 Å². The van der Waals surface area contributed by atoms with Gasteiger partial charge in [-0.15, -0.1) is 0 Å². The molecule has 1 aromatic carbocycles. The summed E-state index contributed by atoms with van der Waals surface area (Å²) < 4.78 is 30.8. The molecule has 7 atom stereocenters. The average Bonchev–Trinajstić information content (AvgIpc) is 2.95. The summed E-state index contributed by atoms with van der Waals surface area (Å²) in [5, 5.41) is 0. The molecule has 112 valence electrons. The molecule has 0 aliphatic heterocycles. The van der Waals surface area contributed by atoms with Gasteiger partial charge in [0.25, 0.3) is 10.1 Å². The minimum Gasteiger partial charge on any atom is -0.262 e. The fraction of sp³-hybridized carbons (Fsp3) is 0.647. The van der Waals surface area contributed by atoms with Crippen molar-refractivity contribution in [1.29, 1.82) is 0 Å². The Labute approximate surface area is 125 Å². The molecule has 4 aliphatic carbocycles. The smallest absolute Gasteiger partial charge is 0.262 e. The standard InChI is InChI=1S/C17H20O3S/c1-9-2-4-10(5-3-9)21(18,19)20-17-14-8-13-11-6-7-12(14)15(11)16(13)17/h2-5,11-17H,6-8H2,1H3/t11-,12+,13+,14-,15-,16-,17-/m1/s1. The highest BCUT2D eigenvalue weighted by atomic mass is 32.2. The molecule has 0 unspecified atom stereocenters. The first kappa shape index (κ1) is 12.7. The van der Waals surface area contributed by atoms with Gasteiger partial charge in [0, 0.05) is 0 Å². The Balaban J connectivity index is 1.43. The van der Waals surface area contributed by atoms with Crippen molar-refractivity contribution in [2.45, 2.75) is 37.2 Å². The number of hydrogen-bond donors (Lipinski definition) is 0. The van der Waals surface area contributed by atoms with E-state index in [2.05, 4.69) is 0 Å². The molecular weight excluding hydrogens is 284 g/mol. The van der Waals surface area contributed by atoms with E-state index in [0.717, 1.165) is 29.2 Å². The van der Waals surface area contributed by atoms with Crippen LogP contribution in [0, 0.1) is 42.4 Å². The Morgan fingerprint density at radius 3 is 2.29 bits per heavy atom. The first-order valence-corrected chi connectivity index (χ1v) is 9.47. The van der Waals surface area contributed by atoms with Crippen LogP contribution in [0.5, 0.6) is 0 Å². The zero-order valence-electron chi connectivity index (χ0n) is 12.1. The second kappa shape index (κ2) is 3.90. The number of benzene rings is 1. The Morgan fingerprint density at radius 2 is 1.62 bits per heavy atom. The van der Waals surface area contributed by atoms with Gasteiger partial charge < -0.3 is 0 Å². The van der Waals surface area contributed by atoms with Gasteiger partial charge in [-0.2, -0.15) is 8.42 Å². The lowest BCUT2D eigenvalue weighted by atomic mass is 9.56. The maximum atomic E-state index is 12.5. The van der Waals surface area contributed by atoms with E-state index in [9.17, 15) is 8.42 Å². The van der Waals surface area contributed by atoms with Gasteiger partial charge in [-0.1, -0.05) is 17.7 Å². The number of aryl methyl sites for hydroxylation is 1. The van der Waals surface area contributed by atoms with Gasteiger partial charge in [-0.05, 0) is 73.8 Å². The van der Waals surface area contributed by atoms with Gasteiger partial charge in [0.1, 0.15) is 0 Å². The van der Waals surface area contributed by atoms with E-state index < -0.39 is 10.1 Å². The molecule has 3 nitrogen and oxygen atoms in total. The minimum atomic E-state index is -3.61. The molecule has 0 radical (unpaired) electrons. The Kier molecular flexibility index (Phi) is 2.35. The fourth-order valence-corrected chi connectivity index (χ4v) is 7.22. The molecule has 0 amide bonds. The maximum Gasteiger partial charge on any atom is 0.297 e. The van der Waals surface area contributed by atoms with Gasteiger partial charge in [-0.25, -0.2) is 0 Å². The summed E-state index contributed by atoms with van der Waals surface area (Å²) >= 11 is 0. The quantitative estimate of drug-likeness (QED) is 0.806. The van der Waals surface area contributed by atoms with E-state index in [4.69, 9.17) is 4.18 Å². The highest BCUT2D eigenvalue weighted by Gasteiger charge is 2.73. The molecule has 4 heteroatoms. The summed E-state index contributed by atoms with van der Waals surface area (Å²) in [6.45, 7) is 1.96. The molecule has 4 fully saturated rings. The lowest BCUT2D eigenvalue weighted by molar-refractivity contribution is -0.0255. The van der Waals surface area contributed by atoms with Crippen LogP contribution in [0.15, 0.2) is 29.2 Å². The lowest BCUT2D eigenvalue weighted by Crippen LogP contribution is -2.45. The third kappa shape index (κ3) is 1.50. The lowest BCUT2D eigenvalue weighted by Gasteiger charge is -2.48. The summed E-state index contributed by atoms with van der Waals surface area (Å²) in [7, 11) is -3.61. The fourth-order valence-electron chi connectivity index (χ4n) is 6.07. The zero-order valence-corrected chi connectivity index (χ0v) is 12.9. The van der Waals surface area contributed by atoms with E-state index in [1.165, 1.54) is 19.3 Å². The molecule has 4 saturated carbocycles. The molecule has 5 rings (SSSR count). The van der Waals surface area contributed by atoms with E-state index in [1.807, 2.05) is 19.1 Å². The van der Waals surface area contributed by atoms with Gasteiger partial charge >= 0.3 is 0 Å². The van der Waals surface area contributed by atoms with E-state index >= 15 is 0 Å². The summed E-state index contributed by atoms with van der Waals surface area (Å²) in [6.07, 6.45) is 3.86. The Hall–Kier alpha value is -0.870. The molecule has 21 heavy (non-hydrogen) atoms. The molecule has 2 bridgehead atoms. The summed E-state index contributed by atoms with van der Waals surface area (Å²) in [6, 6.07) is 6.99. The normalized spacial score (nSPS) is 45.9. The molecule has 0 saturated heterocycles. The molecule has 0 spiro atoms. The van der Waals surface area contributed by atoms with Crippen LogP contribution in [0.25, 0.3) is 0 Å². The van der Waals surface area contributed by atoms with Crippen molar-refractivity contribution >= 4 is 10.1 Å². The van der Waals surface area contributed by atoms with Crippen molar-refractivity contribution in [3.63, 3.8) is 0 Å². The van der Waals surface area contributed by atoms with Crippen LogP contribution < -0.4 is 0 Å². The predicted octanol–water partition coefficient (Wildman–Crippen LogP) is 2.99. The van der Waals surface area contributed by atoms with E-state index in [-0.39, 0.29) is 6.10 Å². The van der Waals surface area contributed by atoms with Crippen molar-refractivity contribution in [3.05, 3.63) is 29.8 Å². The van der Waals surface area contributed by atoms with Crippen LogP contribution in [0.3, 0.4) is 0 Å². The second-order valence-electron chi connectivity index (χ2n) is 7.45. The highest BCUT2D eigenvalue weighted by Crippen LogP contribution is 2.75.